The second kappa shape index (κ2) is 5.86. The first-order valence-electron chi connectivity index (χ1n) is 4.37. The highest BCUT2D eigenvalue weighted by Gasteiger charge is 2.19. The number of nitrogens with zero attached hydrogens (tertiary/aromatic N) is 3. The quantitative estimate of drug-likeness (QED) is 0.522. The standard InChI is InChI=1S/C7H24N6S/c1-11(2)8-14(7,9-12(3)4)10-13(5)6/h8-10H,1-7H3. The summed E-state index contributed by atoms with van der Waals surface area (Å²) in [5.74, 6) is 0. The fourth-order valence-electron chi connectivity index (χ4n) is 1.16. The number of nitrogens with one attached hydrogen (secondary N) is 3. The van der Waals surface area contributed by atoms with Crippen LogP contribution in [0.2, 0.25) is 0 Å². The van der Waals surface area contributed by atoms with Crippen LogP contribution in [0.1, 0.15) is 0 Å². The van der Waals surface area contributed by atoms with E-state index in [0.717, 1.165) is 0 Å². The summed E-state index contributed by atoms with van der Waals surface area (Å²) < 4.78 is 0. The smallest absolute Gasteiger partial charge is 0.00622 e. The Morgan fingerprint density at radius 1 is 0.643 bits per heavy atom. The van der Waals surface area contributed by atoms with Gasteiger partial charge in [-0.25, -0.2) is 15.0 Å². The highest BCUT2D eigenvalue weighted by molar-refractivity contribution is 8.28. The minimum absolute atomic E-state index is 1.31. The third-order valence-electron chi connectivity index (χ3n) is 1.10. The van der Waals surface area contributed by atoms with Gasteiger partial charge in [0.05, 0.1) is 0 Å². The van der Waals surface area contributed by atoms with E-state index in [1.807, 2.05) is 57.3 Å². The first-order valence-corrected chi connectivity index (χ1v) is 6.42. The molecule has 0 saturated heterocycles. The molecule has 0 spiro atoms. The van der Waals surface area contributed by atoms with Gasteiger partial charge in [-0.15, -0.1) is 0 Å². The molecule has 0 atom stereocenters. The Balaban J connectivity index is 4.32. The molecule has 6 nitrogen and oxygen atoms in total. The lowest BCUT2D eigenvalue weighted by Gasteiger charge is -2.43. The molecule has 0 aliphatic rings. The first-order chi connectivity index (χ1) is 6.25. The largest absolute Gasteiger partial charge is 0.240 e. The van der Waals surface area contributed by atoms with Gasteiger partial charge in [-0.1, -0.05) is 0 Å². The van der Waals surface area contributed by atoms with E-state index in [2.05, 4.69) is 20.7 Å². The van der Waals surface area contributed by atoms with Crippen molar-refractivity contribution in [2.75, 3.05) is 48.5 Å². The van der Waals surface area contributed by atoms with E-state index >= 15 is 0 Å². The van der Waals surface area contributed by atoms with Crippen molar-refractivity contribution in [1.29, 1.82) is 0 Å². The van der Waals surface area contributed by atoms with Crippen molar-refractivity contribution in [2.45, 2.75) is 0 Å². The van der Waals surface area contributed by atoms with Crippen molar-refractivity contribution < 1.29 is 0 Å². The van der Waals surface area contributed by atoms with Gasteiger partial charge in [0.1, 0.15) is 0 Å². The van der Waals surface area contributed by atoms with Crippen molar-refractivity contribution in [3.63, 3.8) is 0 Å². The molecule has 0 aromatic heterocycles. The maximum absolute atomic E-state index is 3.33. The molecule has 88 valence electrons. The van der Waals surface area contributed by atoms with Gasteiger partial charge < -0.3 is 0 Å². The summed E-state index contributed by atoms with van der Waals surface area (Å²) in [6.07, 6.45) is 2.10. The minimum atomic E-state index is -1.31. The van der Waals surface area contributed by atoms with Crippen molar-refractivity contribution in [2.24, 2.45) is 0 Å². The third kappa shape index (κ3) is 6.55. The summed E-state index contributed by atoms with van der Waals surface area (Å²) in [5, 5.41) is 5.80. The van der Waals surface area contributed by atoms with Crippen molar-refractivity contribution in [1.82, 2.24) is 29.5 Å². The van der Waals surface area contributed by atoms with Gasteiger partial charge in [0.2, 0.25) is 0 Å². The van der Waals surface area contributed by atoms with Crippen LogP contribution in [0, 0.1) is 0 Å². The highest BCUT2D eigenvalue weighted by atomic mass is 32.3. The van der Waals surface area contributed by atoms with E-state index < -0.39 is 10.6 Å². The van der Waals surface area contributed by atoms with Crippen LogP contribution in [0.4, 0.5) is 0 Å². The van der Waals surface area contributed by atoms with Gasteiger partial charge >= 0.3 is 0 Å². The summed E-state index contributed by atoms with van der Waals surface area (Å²) in [7, 11) is 10.5. The first kappa shape index (κ1) is 14.1. The van der Waals surface area contributed by atoms with Crippen LogP contribution in [-0.4, -0.2) is 63.6 Å². The third-order valence-corrected chi connectivity index (χ3v) is 3.29. The fourth-order valence-corrected chi connectivity index (χ4v) is 3.47. The Hall–Kier alpha value is 0.110. The predicted molar refractivity (Wildman–Crippen MR) is 64.0 cm³/mol. The van der Waals surface area contributed by atoms with E-state index in [1.165, 1.54) is 0 Å². The van der Waals surface area contributed by atoms with Crippen molar-refractivity contribution in [3.8, 4) is 0 Å². The molecule has 3 N–H and O–H groups in total. The normalized spacial score (nSPS) is 14.4. The molecular weight excluding hydrogens is 200 g/mol. The lowest BCUT2D eigenvalue weighted by Crippen LogP contribution is -2.53. The lowest BCUT2D eigenvalue weighted by molar-refractivity contribution is 0.316. The van der Waals surface area contributed by atoms with E-state index in [9.17, 15) is 0 Å². The Labute approximate surface area is 89.2 Å². The molecule has 0 aromatic rings. The lowest BCUT2D eigenvalue weighted by atomic mass is 11.2. The second-order valence-electron chi connectivity index (χ2n) is 3.88. The molecule has 0 aliphatic carbocycles. The molecule has 0 heterocycles. The van der Waals surface area contributed by atoms with Crippen molar-refractivity contribution >= 4 is 10.6 Å². The molecular formula is C7H24N6S. The average molecular weight is 224 g/mol. The molecule has 7 heteroatoms. The number of hydrazine groups is 3. The summed E-state index contributed by atoms with van der Waals surface area (Å²) in [6, 6.07) is 0. The highest BCUT2D eigenvalue weighted by Crippen LogP contribution is 2.29. The Kier molecular flexibility index (Phi) is 5.91. The minimum Gasteiger partial charge on any atom is -0.240 e. The molecule has 0 aromatic carbocycles. The summed E-state index contributed by atoms with van der Waals surface area (Å²) in [6.45, 7) is 0. The fraction of sp³-hybridized carbons (Fsp3) is 1.00. The predicted octanol–water partition coefficient (Wildman–Crippen LogP) is -0.636. The van der Waals surface area contributed by atoms with Crippen LogP contribution in [0.25, 0.3) is 0 Å². The van der Waals surface area contributed by atoms with Crippen LogP contribution in [0.3, 0.4) is 0 Å². The monoisotopic (exact) mass is 224 g/mol. The molecule has 0 rings (SSSR count). The molecule has 0 amide bonds. The van der Waals surface area contributed by atoms with Crippen LogP contribution in [-0.2, 0) is 0 Å². The molecule has 0 aliphatic heterocycles. The second-order valence-corrected chi connectivity index (χ2v) is 6.26. The number of hydrogen-bond donors (Lipinski definition) is 3. The van der Waals surface area contributed by atoms with Gasteiger partial charge in [0, 0.05) is 48.5 Å². The van der Waals surface area contributed by atoms with Gasteiger partial charge in [-0.2, -0.15) is 14.5 Å². The van der Waals surface area contributed by atoms with E-state index in [-0.39, 0.29) is 0 Å². The summed E-state index contributed by atoms with van der Waals surface area (Å²) >= 11 is 0. The number of hydrogen-bond acceptors (Lipinski definition) is 6. The maximum atomic E-state index is 3.33. The summed E-state index contributed by atoms with van der Waals surface area (Å²) in [5.41, 5.74) is 0. The Morgan fingerprint density at radius 2 is 0.857 bits per heavy atom. The Bertz CT molecular complexity index is 134. The molecule has 0 fully saturated rings. The molecule has 0 radical (unpaired) electrons. The zero-order valence-electron chi connectivity index (χ0n) is 10.2. The zero-order valence-corrected chi connectivity index (χ0v) is 11.1. The Morgan fingerprint density at radius 3 is 1.00 bits per heavy atom. The molecule has 0 saturated carbocycles. The maximum Gasteiger partial charge on any atom is 0.00622 e. The van der Waals surface area contributed by atoms with Gasteiger partial charge in [-0.3, -0.25) is 0 Å². The zero-order chi connectivity index (χ0) is 11.4. The van der Waals surface area contributed by atoms with E-state index in [1.54, 1.807) is 0 Å². The molecule has 0 unspecified atom stereocenters. The van der Waals surface area contributed by atoms with Gasteiger partial charge in [-0.05, 0) is 10.6 Å². The van der Waals surface area contributed by atoms with Gasteiger partial charge in [0.25, 0.3) is 0 Å². The van der Waals surface area contributed by atoms with Crippen LogP contribution < -0.4 is 14.5 Å². The molecule has 0 bridgehead atoms. The van der Waals surface area contributed by atoms with Crippen LogP contribution in [0.5, 0.6) is 0 Å². The SMILES string of the molecule is CN(C)NS(C)(NN(C)C)NN(C)C. The van der Waals surface area contributed by atoms with Crippen LogP contribution >= 0.6 is 10.6 Å². The average Bonchev–Trinajstić information content (AvgIpc) is 1.76. The van der Waals surface area contributed by atoms with Crippen molar-refractivity contribution in [3.05, 3.63) is 0 Å². The van der Waals surface area contributed by atoms with E-state index in [0.29, 0.717) is 0 Å². The molecule has 14 heavy (non-hydrogen) atoms. The topological polar surface area (TPSA) is 45.8 Å². The van der Waals surface area contributed by atoms with E-state index in [4.69, 9.17) is 0 Å². The summed E-state index contributed by atoms with van der Waals surface area (Å²) in [4.78, 5) is 9.99. The van der Waals surface area contributed by atoms with Gasteiger partial charge in [0.15, 0.2) is 0 Å². The number of rotatable bonds is 6. The van der Waals surface area contributed by atoms with Crippen LogP contribution in [0.15, 0.2) is 0 Å².